The van der Waals surface area contributed by atoms with Crippen molar-refractivity contribution in [2.45, 2.75) is 12.5 Å². The van der Waals surface area contributed by atoms with Crippen molar-refractivity contribution in [1.29, 1.82) is 0 Å². The lowest BCUT2D eigenvalue weighted by Crippen LogP contribution is -2.09. The third-order valence-corrected chi connectivity index (χ3v) is 4.73. The first-order valence-electron chi connectivity index (χ1n) is 3.41. The highest BCUT2D eigenvalue weighted by molar-refractivity contribution is 7.99. The van der Waals surface area contributed by atoms with E-state index in [0.29, 0.717) is 0 Å². The van der Waals surface area contributed by atoms with Gasteiger partial charge in [0.25, 0.3) is 0 Å². The molecular weight excluding hydrogens is 241 g/mol. The van der Waals surface area contributed by atoms with Crippen LogP contribution in [-0.4, -0.2) is 24.1 Å². The Bertz CT molecular complexity index is 98.2. The van der Waals surface area contributed by atoms with E-state index in [2.05, 4.69) is 0 Å². The molecule has 0 rings (SSSR count). The van der Waals surface area contributed by atoms with E-state index in [9.17, 15) is 0 Å². The smallest absolute Gasteiger partial charge is 0.330 e. The van der Waals surface area contributed by atoms with Crippen LogP contribution in [0.1, 0.15) is 6.42 Å². The summed E-state index contributed by atoms with van der Waals surface area (Å²) in [6.45, 7) is 0.732. The zero-order valence-corrected chi connectivity index (χ0v) is 10.2. The Kier molecular flexibility index (Phi) is 7.74. The van der Waals surface area contributed by atoms with E-state index in [4.69, 9.17) is 39.0 Å². The Morgan fingerprint density at radius 3 is 2.27 bits per heavy atom. The molecule has 0 aliphatic carbocycles. The average Bonchev–Trinajstić information content (AvgIpc) is 1.85. The van der Waals surface area contributed by atoms with Crippen molar-refractivity contribution < 1.29 is 0 Å². The number of hydrogen-bond donors (Lipinski definition) is 1. The van der Waals surface area contributed by atoms with Crippen molar-refractivity contribution in [2.75, 3.05) is 18.1 Å². The standard InChI is InChI=1S/C5H12Cl3NSSi/c6-11(7,8)5-1-3-10-4-2-9/h1-5,9H2. The van der Waals surface area contributed by atoms with Gasteiger partial charge >= 0.3 is 6.00 Å². The molecule has 0 fully saturated rings. The molecule has 0 aliphatic heterocycles. The van der Waals surface area contributed by atoms with Gasteiger partial charge in [0, 0.05) is 12.3 Å². The van der Waals surface area contributed by atoms with Crippen LogP contribution in [0.3, 0.4) is 0 Å². The summed E-state index contributed by atoms with van der Waals surface area (Å²) in [7, 11) is 0. The molecule has 1 nitrogen and oxygen atoms in total. The topological polar surface area (TPSA) is 26.0 Å². The first-order chi connectivity index (χ1) is 5.06. The van der Waals surface area contributed by atoms with Crippen LogP contribution < -0.4 is 5.73 Å². The van der Waals surface area contributed by atoms with Gasteiger partial charge in [-0.25, -0.2) is 0 Å². The molecule has 6 heteroatoms. The van der Waals surface area contributed by atoms with Crippen LogP contribution in [0.15, 0.2) is 0 Å². The SMILES string of the molecule is NCCSCCC[Si](Cl)(Cl)Cl. The maximum atomic E-state index is 5.68. The summed E-state index contributed by atoms with van der Waals surface area (Å²) in [4.78, 5) is 0. The van der Waals surface area contributed by atoms with E-state index in [1.165, 1.54) is 0 Å². The minimum atomic E-state index is -2.35. The molecule has 0 heterocycles. The predicted molar refractivity (Wildman–Crippen MR) is 59.1 cm³/mol. The van der Waals surface area contributed by atoms with Crippen LogP contribution in [0.25, 0.3) is 0 Å². The molecule has 0 unspecified atom stereocenters. The lowest BCUT2D eigenvalue weighted by Gasteiger charge is -2.05. The normalized spacial score (nSPS) is 12.0. The molecule has 0 aromatic heterocycles. The number of nitrogens with two attached hydrogens (primary N) is 1. The third-order valence-electron chi connectivity index (χ3n) is 1.01. The second-order valence-electron chi connectivity index (χ2n) is 2.12. The Morgan fingerprint density at radius 2 is 1.82 bits per heavy atom. The fourth-order valence-corrected chi connectivity index (χ4v) is 3.32. The highest BCUT2D eigenvalue weighted by Crippen LogP contribution is 2.26. The number of halogens is 3. The molecule has 0 bridgehead atoms. The van der Waals surface area contributed by atoms with Crippen LogP contribution >= 0.6 is 45.0 Å². The monoisotopic (exact) mass is 251 g/mol. The van der Waals surface area contributed by atoms with Crippen LogP contribution in [-0.2, 0) is 0 Å². The maximum Gasteiger partial charge on any atom is 0.341 e. The fourth-order valence-electron chi connectivity index (χ4n) is 0.560. The van der Waals surface area contributed by atoms with Gasteiger partial charge in [-0.15, -0.1) is 33.2 Å². The second kappa shape index (κ2) is 6.86. The molecule has 0 aromatic carbocycles. The Labute approximate surface area is 87.1 Å². The van der Waals surface area contributed by atoms with E-state index < -0.39 is 6.00 Å². The summed E-state index contributed by atoms with van der Waals surface area (Å²) < 4.78 is 0. The summed E-state index contributed by atoms with van der Waals surface area (Å²) in [5.74, 6) is 2.06. The molecule has 2 N–H and O–H groups in total. The molecule has 11 heavy (non-hydrogen) atoms. The lowest BCUT2D eigenvalue weighted by molar-refractivity contribution is 1.08. The molecule has 0 saturated carbocycles. The molecule has 0 atom stereocenters. The summed E-state index contributed by atoms with van der Waals surface area (Å²) in [5, 5.41) is 0. The van der Waals surface area contributed by atoms with Gasteiger partial charge in [0.1, 0.15) is 0 Å². The summed E-state index contributed by atoms with van der Waals surface area (Å²) >= 11 is 18.9. The average molecular weight is 253 g/mol. The zero-order chi connectivity index (χ0) is 8.74. The minimum Gasteiger partial charge on any atom is -0.330 e. The fraction of sp³-hybridized carbons (Fsp3) is 1.00. The Morgan fingerprint density at radius 1 is 1.18 bits per heavy atom. The zero-order valence-electron chi connectivity index (χ0n) is 6.16. The molecular formula is C5H12Cl3NSSi. The second-order valence-corrected chi connectivity index (χ2v) is 12.6. The molecule has 0 radical (unpaired) electrons. The van der Waals surface area contributed by atoms with Crippen LogP contribution in [0, 0.1) is 0 Å². The lowest BCUT2D eigenvalue weighted by atomic mass is 10.6. The van der Waals surface area contributed by atoms with Crippen molar-refractivity contribution >= 4 is 51.0 Å². The molecule has 0 aliphatic rings. The molecule has 0 spiro atoms. The van der Waals surface area contributed by atoms with E-state index in [1.807, 2.05) is 11.8 Å². The molecule has 0 amide bonds. The highest BCUT2D eigenvalue weighted by atomic mass is 35.8. The van der Waals surface area contributed by atoms with Gasteiger partial charge in [-0.2, -0.15) is 11.8 Å². The van der Waals surface area contributed by atoms with E-state index in [1.54, 1.807) is 0 Å². The quantitative estimate of drug-likeness (QED) is 0.447. The first kappa shape index (κ1) is 12.4. The van der Waals surface area contributed by atoms with Crippen molar-refractivity contribution in [3.8, 4) is 0 Å². The van der Waals surface area contributed by atoms with Gasteiger partial charge in [0.05, 0.1) is 0 Å². The molecule has 0 saturated heterocycles. The summed E-state index contributed by atoms with van der Waals surface area (Å²) in [5.41, 5.74) is 5.31. The number of hydrogen-bond acceptors (Lipinski definition) is 2. The van der Waals surface area contributed by atoms with E-state index in [-0.39, 0.29) is 0 Å². The minimum absolute atomic E-state index is 0.732. The summed E-state index contributed by atoms with van der Waals surface area (Å²) in [6, 6.07) is -1.59. The van der Waals surface area contributed by atoms with Crippen molar-refractivity contribution in [2.24, 2.45) is 5.73 Å². The van der Waals surface area contributed by atoms with Crippen molar-refractivity contribution in [3.63, 3.8) is 0 Å². The number of rotatable bonds is 6. The maximum absolute atomic E-state index is 5.68. The van der Waals surface area contributed by atoms with Gasteiger partial charge in [-0.1, -0.05) is 0 Å². The van der Waals surface area contributed by atoms with Gasteiger partial charge in [0.15, 0.2) is 0 Å². The Hall–Kier alpha value is 1.40. The largest absolute Gasteiger partial charge is 0.341 e. The van der Waals surface area contributed by atoms with Gasteiger partial charge in [-0.05, 0) is 18.2 Å². The van der Waals surface area contributed by atoms with Gasteiger partial charge in [-0.3, -0.25) is 0 Å². The molecule has 68 valence electrons. The first-order valence-corrected chi connectivity index (χ1v) is 9.80. The van der Waals surface area contributed by atoms with Crippen molar-refractivity contribution in [1.82, 2.24) is 0 Å². The predicted octanol–water partition coefficient (Wildman–Crippen LogP) is 2.72. The van der Waals surface area contributed by atoms with Crippen LogP contribution in [0.4, 0.5) is 0 Å². The third kappa shape index (κ3) is 11.4. The van der Waals surface area contributed by atoms with Gasteiger partial charge < -0.3 is 5.73 Å². The Balaban J connectivity index is 3.02. The van der Waals surface area contributed by atoms with E-state index >= 15 is 0 Å². The van der Waals surface area contributed by atoms with Crippen LogP contribution in [0.2, 0.25) is 6.04 Å². The van der Waals surface area contributed by atoms with Crippen molar-refractivity contribution in [3.05, 3.63) is 0 Å². The van der Waals surface area contributed by atoms with E-state index in [0.717, 1.165) is 30.5 Å². The number of thioether (sulfide) groups is 1. The summed E-state index contributed by atoms with van der Waals surface area (Å²) in [6.07, 6.45) is 0.993. The van der Waals surface area contributed by atoms with Gasteiger partial charge in [0.2, 0.25) is 0 Å². The van der Waals surface area contributed by atoms with Crippen LogP contribution in [0.5, 0.6) is 0 Å². The highest BCUT2D eigenvalue weighted by Gasteiger charge is 2.23. The molecule has 0 aromatic rings.